The summed E-state index contributed by atoms with van der Waals surface area (Å²) in [5, 5.41) is 18.5. The maximum Gasteiger partial charge on any atom is 0.332 e. The zero-order chi connectivity index (χ0) is 15.3. The molecule has 0 saturated heterocycles. The summed E-state index contributed by atoms with van der Waals surface area (Å²) < 4.78 is 21.5. The second kappa shape index (κ2) is 6.40. The average Bonchev–Trinajstić information content (AvgIpc) is 2.32. The van der Waals surface area contributed by atoms with Crippen LogP contribution in [0, 0.1) is 17.0 Å². The van der Waals surface area contributed by atoms with Gasteiger partial charge in [0.2, 0.25) is 21.8 Å². The molecule has 0 aliphatic carbocycles. The van der Waals surface area contributed by atoms with E-state index in [1.807, 2.05) is 0 Å². The van der Waals surface area contributed by atoms with Crippen LogP contribution < -0.4 is 21.7 Å². The summed E-state index contributed by atoms with van der Waals surface area (Å²) in [6.07, 6.45) is 0.185. The van der Waals surface area contributed by atoms with Crippen molar-refractivity contribution in [1.29, 1.82) is 0 Å². The number of anilines is 2. The number of nitrogen functional groups attached to an aromatic ring is 1. The maximum absolute atomic E-state index is 11.0. The van der Waals surface area contributed by atoms with E-state index in [2.05, 4.69) is 20.7 Å². The highest BCUT2D eigenvalue weighted by Crippen LogP contribution is 2.26. The van der Waals surface area contributed by atoms with Crippen molar-refractivity contribution in [3.05, 3.63) is 15.8 Å². The van der Waals surface area contributed by atoms with Crippen molar-refractivity contribution in [3.63, 3.8) is 0 Å². The summed E-state index contributed by atoms with van der Waals surface area (Å²) in [6.45, 7) is 1.59. The van der Waals surface area contributed by atoms with Gasteiger partial charge in [-0.1, -0.05) is 0 Å². The number of rotatable bonds is 7. The Hall–Kier alpha value is -2.05. The van der Waals surface area contributed by atoms with Crippen LogP contribution in [0.25, 0.3) is 0 Å². The largest absolute Gasteiger partial charge is 0.364 e. The van der Waals surface area contributed by atoms with Crippen LogP contribution in [0.15, 0.2) is 0 Å². The molecule has 1 heterocycles. The summed E-state index contributed by atoms with van der Waals surface area (Å²) in [4.78, 5) is 17.9. The zero-order valence-corrected chi connectivity index (χ0v) is 11.5. The minimum Gasteiger partial charge on any atom is -0.364 e. The number of aryl methyl sites for hydroxylation is 1. The van der Waals surface area contributed by atoms with Crippen molar-refractivity contribution in [3.8, 4) is 0 Å². The third-order valence-electron chi connectivity index (χ3n) is 2.27. The number of nitrogens with two attached hydrogens (primary N) is 2. The van der Waals surface area contributed by atoms with Gasteiger partial charge in [0.25, 0.3) is 0 Å². The monoisotopic (exact) mass is 305 g/mol. The number of hydrogen-bond acceptors (Lipinski definition) is 9. The van der Waals surface area contributed by atoms with E-state index in [1.165, 1.54) is 6.92 Å². The Labute approximate surface area is 114 Å². The predicted octanol–water partition coefficient (Wildman–Crippen LogP) is -0.931. The van der Waals surface area contributed by atoms with Gasteiger partial charge in [0, 0.05) is 6.54 Å². The Morgan fingerprint density at radius 2 is 2.05 bits per heavy atom. The first kappa shape index (κ1) is 16.0. The average molecular weight is 305 g/mol. The molecule has 12 heteroatoms. The van der Waals surface area contributed by atoms with Gasteiger partial charge in [-0.05, 0) is 13.3 Å². The van der Waals surface area contributed by atoms with Crippen molar-refractivity contribution in [2.45, 2.75) is 13.3 Å². The quantitative estimate of drug-likeness (QED) is 0.214. The molecule has 0 saturated carbocycles. The van der Waals surface area contributed by atoms with Gasteiger partial charge in [-0.15, -0.1) is 0 Å². The van der Waals surface area contributed by atoms with Gasteiger partial charge in [-0.2, -0.15) is 4.98 Å². The minimum atomic E-state index is -3.56. The van der Waals surface area contributed by atoms with Crippen LogP contribution in [0.1, 0.15) is 12.1 Å². The number of sulfonamides is 1. The fourth-order valence-corrected chi connectivity index (χ4v) is 2.00. The normalized spacial score (nSPS) is 11.2. The molecule has 11 nitrogen and oxygen atoms in total. The van der Waals surface area contributed by atoms with E-state index in [0.29, 0.717) is 0 Å². The Morgan fingerprint density at radius 3 is 2.55 bits per heavy atom. The van der Waals surface area contributed by atoms with Crippen LogP contribution in [0.2, 0.25) is 0 Å². The lowest BCUT2D eigenvalue weighted by Crippen LogP contribution is -2.19. The summed E-state index contributed by atoms with van der Waals surface area (Å²) in [5.41, 5.74) is 2.03. The lowest BCUT2D eigenvalue weighted by molar-refractivity contribution is -0.385. The maximum atomic E-state index is 11.0. The standard InChI is InChI=1S/C8H15N7O4S/c1-5-6(15(16)17)7(13-8(12-5)14-9)11-3-2-4-20(10,18)19/h2-4,9H2,1H3,(H2,10,18,19)(H2,11,12,13,14). The highest BCUT2D eigenvalue weighted by molar-refractivity contribution is 7.89. The van der Waals surface area contributed by atoms with Gasteiger partial charge in [-0.25, -0.2) is 24.4 Å². The van der Waals surface area contributed by atoms with E-state index in [9.17, 15) is 18.5 Å². The summed E-state index contributed by atoms with van der Waals surface area (Å²) in [5.74, 6) is 4.90. The first-order chi connectivity index (χ1) is 9.24. The fourth-order valence-electron chi connectivity index (χ4n) is 1.45. The SMILES string of the molecule is Cc1nc(NN)nc(NCCCS(N)(=O)=O)c1[N+](=O)[O-]. The van der Waals surface area contributed by atoms with Crippen molar-refractivity contribution >= 4 is 27.5 Å². The Balaban J connectivity index is 2.87. The molecule has 0 aliphatic rings. The number of nitrogens with zero attached hydrogens (tertiary/aromatic N) is 3. The number of primary sulfonamides is 1. The topological polar surface area (TPSA) is 179 Å². The Morgan fingerprint density at radius 1 is 1.40 bits per heavy atom. The van der Waals surface area contributed by atoms with E-state index < -0.39 is 14.9 Å². The second-order valence-corrected chi connectivity index (χ2v) is 5.61. The molecule has 0 fully saturated rings. The predicted molar refractivity (Wildman–Crippen MR) is 72.3 cm³/mol. The number of hydrogen-bond donors (Lipinski definition) is 4. The van der Waals surface area contributed by atoms with Crippen LogP contribution in [0.3, 0.4) is 0 Å². The molecule has 0 aliphatic heterocycles. The fraction of sp³-hybridized carbons (Fsp3) is 0.500. The molecule has 0 spiro atoms. The van der Waals surface area contributed by atoms with Crippen LogP contribution in [-0.2, 0) is 10.0 Å². The van der Waals surface area contributed by atoms with E-state index in [0.717, 1.165) is 0 Å². The van der Waals surface area contributed by atoms with Gasteiger partial charge in [0.15, 0.2) is 0 Å². The van der Waals surface area contributed by atoms with E-state index in [-0.39, 0.29) is 41.9 Å². The minimum absolute atomic E-state index is 0.0158. The van der Waals surface area contributed by atoms with Crippen molar-refractivity contribution in [2.24, 2.45) is 11.0 Å². The third kappa shape index (κ3) is 4.56. The van der Waals surface area contributed by atoms with E-state index in [4.69, 9.17) is 11.0 Å². The first-order valence-electron chi connectivity index (χ1n) is 5.48. The summed E-state index contributed by atoms with van der Waals surface area (Å²) in [7, 11) is -3.56. The lowest BCUT2D eigenvalue weighted by atomic mass is 10.3. The zero-order valence-electron chi connectivity index (χ0n) is 10.7. The molecule has 0 aromatic carbocycles. The summed E-state index contributed by atoms with van der Waals surface area (Å²) >= 11 is 0. The number of hydrazine groups is 1. The Kier molecular flexibility index (Phi) is 5.12. The van der Waals surface area contributed by atoms with Crippen LogP contribution in [-0.4, -0.2) is 35.6 Å². The molecule has 0 unspecified atom stereocenters. The van der Waals surface area contributed by atoms with Gasteiger partial charge in [0.1, 0.15) is 5.69 Å². The van der Waals surface area contributed by atoms with E-state index >= 15 is 0 Å². The Bertz CT molecular complexity index is 603. The van der Waals surface area contributed by atoms with E-state index in [1.54, 1.807) is 0 Å². The molecule has 112 valence electrons. The molecule has 0 bridgehead atoms. The molecule has 0 amide bonds. The lowest BCUT2D eigenvalue weighted by Gasteiger charge is -2.08. The molecular formula is C8H15N7O4S. The van der Waals surface area contributed by atoms with Crippen LogP contribution in [0.5, 0.6) is 0 Å². The highest BCUT2D eigenvalue weighted by atomic mass is 32.2. The second-order valence-electron chi connectivity index (χ2n) is 3.88. The number of nitrogens with one attached hydrogen (secondary N) is 2. The van der Waals surface area contributed by atoms with Crippen molar-refractivity contribution in [2.75, 3.05) is 23.0 Å². The van der Waals surface area contributed by atoms with Crippen LogP contribution in [0.4, 0.5) is 17.5 Å². The molecule has 1 aromatic heterocycles. The first-order valence-corrected chi connectivity index (χ1v) is 7.20. The molecule has 0 radical (unpaired) electrons. The van der Waals surface area contributed by atoms with Crippen molar-refractivity contribution in [1.82, 2.24) is 9.97 Å². The molecule has 1 aromatic rings. The van der Waals surface area contributed by atoms with Gasteiger partial charge >= 0.3 is 5.69 Å². The van der Waals surface area contributed by atoms with Crippen molar-refractivity contribution < 1.29 is 13.3 Å². The molecule has 20 heavy (non-hydrogen) atoms. The van der Waals surface area contributed by atoms with Gasteiger partial charge in [0.05, 0.1) is 10.7 Å². The molecular weight excluding hydrogens is 290 g/mol. The molecule has 1 rings (SSSR count). The number of aromatic nitrogens is 2. The van der Waals surface area contributed by atoms with Crippen LogP contribution >= 0.6 is 0 Å². The van der Waals surface area contributed by atoms with Gasteiger partial charge in [-0.3, -0.25) is 15.5 Å². The number of nitro groups is 1. The third-order valence-corrected chi connectivity index (χ3v) is 3.13. The summed E-state index contributed by atoms with van der Waals surface area (Å²) in [6, 6.07) is 0. The molecule has 0 atom stereocenters. The van der Waals surface area contributed by atoms with Gasteiger partial charge < -0.3 is 5.32 Å². The smallest absolute Gasteiger partial charge is 0.332 e. The molecule has 6 N–H and O–H groups in total. The highest BCUT2D eigenvalue weighted by Gasteiger charge is 2.21.